The van der Waals surface area contributed by atoms with E-state index in [0.29, 0.717) is 0 Å². The average molecular weight is 136 g/mol. The number of hydrogen-bond acceptors (Lipinski definition) is 1. The van der Waals surface area contributed by atoms with E-state index in [1.807, 2.05) is 0 Å². The van der Waals surface area contributed by atoms with Crippen LogP contribution in [0.4, 0.5) is 0 Å². The minimum Gasteiger partial charge on any atom is -1.00 e. The molecule has 0 bridgehead atoms. The van der Waals surface area contributed by atoms with Gasteiger partial charge in [0.05, 0.1) is 0 Å². The van der Waals surface area contributed by atoms with E-state index < -0.39 is 0 Å². The summed E-state index contributed by atoms with van der Waals surface area (Å²) in [7, 11) is 0. The Morgan fingerprint density at radius 1 is 1.00 bits per heavy atom. The van der Waals surface area contributed by atoms with Crippen LogP contribution >= 0.6 is 0 Å². The molecule has 0 atom stereocenters. The predicted molar refractivity (Wildman–Crippen MR) is 8.64 cm³/mol. The van der Waals surface area contributed by atoms with Crippen molar-refractivity contribution in [1.29, 1.82) is 0 Å². The molecule has 0 aliphatic rings. The maximum atomic E-state index is 0. The van der Waals surface area contributed by atoms with Crippen LogP contribution in [-0.4, -0.2) is 5.48 Å². The van der Waals surface area contributed by atoms with Crippen LogP contribution in [0.2, 0.25) is 0 Å². The third-order valence-electron chi connectivity index (χ3n) is 0. The van der Waals surface area contributed by atoms with Crippen LogP contribution in [0.25, 0.3) is 0 Å². The van der Waals surface area contributed by atoms with Gasteiger partial charge < -0.3 is 24.0 Å². The van der Waals surface area contributed by atoms with E-state index in [1.165, 1.54) is 0 Å². The zero-order valence-corrected chi connectivity index (χ0v) is 6.02. The Labute approximate surface area is 44.0 Å². The fourth-order valence-corrected chi connectivity index (χ4v) is 0. The Hall–Kier alpha value is 0.833. The summed E-state index contributed by atoms with van der Waals surface area (Å²) in [4.78, 5) is 0. The summed E-state index contributed by atoms with van der Waals surface area (Å²) in [5, 5.41) is 0. The van der Waals surface area contributed by atoms with Crippen molar-refractivity contribution in [1.82, 2.24) is 6.15 Å². The van der Waals surface area contributed by atoms with Crippen molar-refractivity contribution in [3.63, 3.8) is 0 Å². The van der Waals surface area contributed by atoms with Gasteiger partial charge in [-0.15, -0.1) is 0 Å². The molecule has 0 aliphatic carbocycles. The fourth-order valence-electron chi connectivity index (χ4n) is 0. The number of hydrogen-bond donors (Lipinski definition) is 1. The van der Waals surface area contributed by atoms with Gasteiger partial charge in [0.1, 0.15) is 0 Å². The summed E-state index contributed by atoms with van der Waals surface area (Å²) in [6.45, 7) is 0. The van der Waals surface area contributed by atoms with Gasteiger partial charge in [0.2, 0.25) is 0 Å². The molecule has 0 aromatic rings. The summed E-state index contributed by atoms with van der Waals surface area (Å²) in [5.41, 5.74) is 0. The van der Waals surface area contributed by atoms with Crippen LogP contribution in [0.5, 0.6) is 0 Å². The molecule has 0 aromatic carbocycles. The van der Waals surface area contributed by atoms with Crippen molar-refractivity contribution in [3.05, 3.63) is 0 Å². The molecule has 0 spiro atoms. The van der Waals surface area contributed by atoms with Crippen LogP contribution in [-0.2, 0) is 19.5 Å². The molecule has 0 unspecified atom stereocenters. The van der Waals surface area contributed by atoms with Gasteiger partial charge in [0.15, 0.2) is 0 Å². The standard InChI is InChI=1S/ClH.H3N.H2O.Zn/h1H;1H3;1H2;/q;;;+1/p-1. The molecule has 0 saturated carbocycles. The normalized spacial score (nSPS) is 0. The minimum absolute atomic E-state index is 0. The molecule has 0 rings (SSSR count). The first-order valence-electron chi connectivity index (χ1n) is 0. The second kappa shape index (κ2) is 44.3. The van der Waals surface area contributed by atoms with Gasteiger partial charge in [0, 0.05) is 0 Å². The molecule has 25 valence electrons. The van der Waals surface area contributed by atoms with Gasteiger partial charge in [-0.05, 0) is 0 Å². The van der Waals surface area contributed by atoms with Gasteiger partial charge >= 0.3 is 19.5 Å². The van der Waals surface area contributed by atoms with Gasteiger partial charge in [-0.1, -0.05) is 0 Å². The second-order valence-corrected chi connectivity index (χ2v) is 0. The molecule has 0 aliphatic heterocycles. The van der Waals surface area contributed by atoms with E-state index in [4.69, 9.17) is 0 Å². The molecule has 0 fully saturated rings. The molecule has 0 heterocycles. The third kappa shape index (κ3) is 13.7. The van der Waals surface area contributed by atoms with Crippen LogP contribution in [0.1, 0.15) is 0 Å². The fraction of sp³-hybridized carbons (Fsp3) is 0. The van der Waals surface area contributed by atoms with Crippen LogP contribution in [0.3, 0.4) is 0 Å². The molecule has 0 aromatic heterocycles. The Balaban J connectivity index is 0. The summed E-state index contributed by atoms with van der Waals surface area (Å²) in [6, 6.07) is 0. The Morgan fingerprint density at radius 2 is 1.00 bits per heavy atom. The Morgan fingerprint density at radius 3 is 1.00 bits per heavy atom. The van der Waals surface area contributed by atoms with E-state index in [9.17, 15) is 0 Å². The quantitative estimate of drug-likeness (QED) is 0.342. The minimum atomic E-state index is 0. The SMILES string of the molecule is N.O.[Cl-].[Zn+]. The molecule has 1 radical (unpaired) electrons. The summed E-state index contributed by atoms with van der Waals surface area (Å²) in [6.07, 6.45) is 0. The van der Waals surface area contributed by atoms with E-state index >= 15 is 0 Å². The zero-order valence-electron chi connectivity index (χ0n) is 2.29. The van der Waals surface area contributed by atoms with E-state index in [0.717, 1.165) is 0 Å². The molecule has 0 amide bonds. The molecule has 4 heteroatoms. The number of rotatable bonds is 0. The molecule has 2 nitrogen and oxygen atoms in total. The second-order valence-electron chi connectivity index (χ2n) is 0. The molecule has 5 N–H and O–H groups in total. The smallest absolute Gasteiger partial charge is 1.00 e. The maximum Gasteiger partial charge on any atom is 1.00 e. The first-order chi connectivity index (χ1) is 0. The molecule has 4 heavy (non-hydrogen) atoms. The summed E-state index contributed by atoms with van der Waals surface area (Å²) < 4.78 is 0. The Bertz CT molecular complexity index is 8.00. The molecule has 0 saturated heterocycles. The van der Waals surface area contributed by atoms with E-state index in [-0.39, 0.29) is 43.5 Å². The van der Waals surface area contributed by atoms with Crippen molar-refractivity contribution in [2.45, 2.75) is 0 Å². The van der Waals surface area contributed by atoms with Crippen molar-refractivity contribution in [2.24, 2.45) is 0 Å². The first-order valence-corrected chi connectivity index (χ1v) is 0. The Kier molecular flexibility index (Phi) is 1130. The van der Waals surface area contributed by atoms with Crippen molar-refractivity contribution in [3.8, 4) is 0 Å². The van der Waals surface area contributed by atoms with Crippen LogP contribution in [0, 0.1) is 0 Å². The molecular weight excluding hydrogens is 131 g/mol. The first kappa shape index (κ1) is 102. The van der Waals surface area contributed by atoms with Crippen LogP contribution < -0.4 is 18.6 Å². The van der Waals surface area contributed by atoms with Crippen molar-refractivity contribution < 1.29 is 37.4 Å². The third-order valence-corrected chi connectivity index (χ3v) is 0. The topological polar surface area (TPSA) is 66.5 Å². The number of halogens is 1. The summed E-state index contributed by atoms with van der Waals surface area (Å²) >= 11 is 0. The summed E-state index contributed by atoms with van der Waals surface area (Å²) in [5.74, 6) is 0. The van der Waals surface area contributed by atoms with Gasteiger partial charge in [-0.2, -0.15) is 0 Å². The monoisotopic (exact) mass is 134 g/mol. The average Bonchev–Trinajstić information content (AvgIpc) is 0. The van der Waals surface area contributed by atoms with E-state index in [1.54, 1.807) is 0 Å². The maximum absolute atomic E-state index is 0. The van der Waals surface area contributed by atoms with Gasteiger partial charge in [0.25, 0.3) is 0 Å². The van der Waals surface area contributed by atoms with Crippen molar-refractivity contribution >= 4 is 0 Å². The van der Waals surface area contributed by atoms with Gasteiger partial charge in [-0.3, -0.25) is 0 Å². The van der Waals surface area contributed by atoms with Gasteiger partial charge in [-0.25, -0.2) is 0 Å². The zero-order chi connectivity index (χ0) is 0. The predicted octanol–water partition coefficient (Wildman–Crippen LogP) is -3.66. The van der Waals surface area contributed by atoms with Crippen molar-refractivity contribution in [2.75, 3.05) is 0 Å². The van der Waals surface area contributed by atoms with E-state index in [2.05, 4.69) is 0 Å². The molecular formula is H5ClNOZn. The largest absolute Gasteiger partial charge is 1.00 e. The van der Waals surface area contributed by atoms with Crippen LogP contribution in [0.15, 0.2) is 0 Å².